The van der Waals surface area contributed by atoms with Crippen LogP contribution in [0.2, 0.25) is 0 Å². The summed E-state index contributed by atoms with van der Waals surface area (Å²) in [5.74, 6) is 0. The minimum absolute atomic E-state index is 0. The summed E-state index contributed by atoms with van der Waals surface area (Å²) >= 11 is 0. The summed E-state index contributed by atoms with van der Waals surface area (Å²) in [6.45, 7) is 5.69. The standard InChI is InChI=1S/C17H30N.FH/c1-3-5-6-7-8-9-10-14-18-15-12-17(11-4-2)13-16-18;/h12-13,15-16H,3-11,14H2,1-2H3;1H/q+1;/p-1. The van der Waals surface area contributed by atoms with Crippen LogP contribution in [0, 0.1) is 0 Å². The van der Waals surface area contributed by atoms with Gasteiger partial charge in [0.1, 0.15) is 6.54 Å². The third kappa shape index (κ3) is 8.74. The SMILES string of the molecule is CCCCCCCCC[n+]1ccc(CCC)cc1.[F-]. The van der Waals surface area contributed by atoms with Crippen LogP contribution in [0.3, 0.4) is 0 Å². The third-order valence-corrected chi connectivity index (χ3v) is 3.52. The second-order valence-electron chi connectivity index (χ2n) is 5.32. The molecule has 0 saturated carbocycles. The second kappa shape index (κ2) is 12.1. The number of aromatic nitrogens is 1. The van der Waals surface area contributed by atoms with Crippen molar-refractivity contribution in [1.29, 1.82) is 0 Å². The molecule has 0 radical (unpaired) electrons. The summed E-state index contributed by atoms with van der Waals surface area (Å²) in [7, 11) is 0. The average Bonchev–Trinajstić information content (AvgIpc) is 2.40. The predicted molar refractivity (Wildman–Crippen MR) is 78.6 cm³/mol. The third-order valence-electron chi connectivity index (χ3n) is 3.52. The maximum Gasteiger partial charge on any atom is 0.169 e. The van der Waals surface area contributed by atoms with E-state index in [1.54, 1.807) is 0 Å². The van der Waals surface area contributed by atoms with E-state index in [0.717, 1.165) is 0 Å². The maximum atomic E-state index is 2.32. The molecule has 19 heavy (non-hydrogen) atoms. The number of hydrogen-bond acceptors (Lipinski definition) is 0. The van der Waals surface area contributed by atoms with Gasteiger partial charge in [0, 0.05) is 18.6 Å². The molecule has 0 aromatic carbocycles. The van der Waals surface area contributed by atoms with E-state index in [9.17, 15) is 0 Å². The highest BCUT2D eigenvalue weighted by atomic mass is 19.0. The Kier molecular flexibility index (Phi) is 11.5. The minimum atomic E-state index is 0. The molecular formula is C17H30FN. The van der Waals surface area contributed by atoms with Gasteiger partial charge in [-0.15, -0.1) is 0 Å². The summed E-state index contributed by atoms with van der Waals surface area (Å²) in [6, 6.07) is 4.54. The average molecular weight is 267 g/mol. The highest BCUT2D eigenvalue weighted by Crippen LogP contribution is 2.06. The van der Waals surface area contributed by atoms with Crippen molar-refractivity contribution < 1.29 is 9.27 Å². The van der Waals surface area contributed by atoms with E-state index in [0.29, 0.717) is 0 Å². The van der Waals surface area contributed by atoms with Crippen LogP contribution in [0.1, 0.15) is 70.8 Å². The Balaban J connectivity index is 0.00000324. The maximum absolute atomic E-state index is 2.32. The van der Waals surface area contributed by atoms with E-state index in [2.05, 4.69) is 42.9 Å². The van der Waals surface area contributed by atoms with Crippen molar-refractivity contribution in [3.05, 3.63) is 30.1 Å². The van der Waals surface area contributed by atoms with E-state index in [4.69, 9.17) is 0 Å². The number of aryl methyl sites for hydroxylation is 2. The zero-order valence-corrected chi connectivity index (χ0v) is 12.7. The van der Waals surface area contributed by atoms with Gasteiger partial charge in [0.25, 0.3) is 0 Å². The van der Waals surface area contributed by atoms with E-state index in [1.807, 2.05) is 0 Å². The molecule has 1 nitrogen and oxygen atoms in total. The van der Waals surface area contributed by atoms with Crippen LogP contribution in [-0.2, 0) is 13.0 Å². The van der Waals surface area contributed by atoms with Gasteiger partial charge in [0.2, 0.25) is 0 Å². The fraction of sp³-hybridized carbons (Fsp3) is 0.706. The van der Waals surface area contributed by atoms with E-state index < -0.39 is 0 Å². The Morgan fingerprint density at radius 2 is 1.37 bits per heavy atom. The van der Waals surface area contributed by atoms with E-state index >= 15 is 0 Å². The molecule has 0 amide bonds. The van der Waals surface area contributed by atoms with Crippen molar-refractivity contribution in [3.63, 3.8) is 0 Å². The van der Waals surface area contributed by atoms with Crippen molar-refractivity contribution in [2.75, 3.05) is 0 Å². The van der Waals surface area contributed by atoms with Gasteiger partial charge in [0.15, 0.2) is 12.4 Å². The van der Waals surface area contributed by atoms with Gasteiger partial charge >= 0.3 is 0 Å². The molecule has 0 bridgehead atoms. The summed E-state index contributed by atoms with van der Waals surface area (Å²) in [5.41, 5.74) is 1.47. The Labute approximate surface area is 118 Å². The second-order valence-corrected chi connectivity index (χ2v) is 5.32. The molecule has 0 N–H and O–H groups in total. The minimum Gasteiger partial charge on any atom is -1.00 e. The highest BCUT2D eigenvalue weighted by molar-refractivity contribution is 5.06. The zero-order chi connectivity index (χ0) is 13.1. The number of halogens is 1. The van der Waals surface area contributed by atoms with Crippen LogP contribution in [0.25, 0.3) is 0 Å². The van der Waals surface area contributed by atoms with Gasteiger partial charge in [-0.25, -0.2) is 4.57 Å². The molecule has 110 valence electrons. The van der Waals surface area contributed by atoms with Crippen molar-refractivity contribution in [2.45, 2.75) is 78.2 Å². The molecule has 1 heterocycles. The molecule has 0 aliphatic heterocycles. The molecular weight excluding hydrogens is 237 g/mol. The Bertz CT molecular complexity index is 295. The van der Waals surface area contributed by atoms with Crippen LogP contribution in [0.5, 0.6) is 0 Å². The molecule has 0 aliphatic rings. The first-order valence-electron chi connectivity index (χ1n) is 7.84. The zero-order valence-electron chi connectivity index (χ0n) is 12.7. The van der Waals surface area contributed by atoms with Crippen LogP contribution < -0.4 is 9.27 Å². The van der Waals surface area contributed by atoms with Gasteiger partial charge in [-0.05, 0) is 18.4 Å². The molecule has 0 saturated heterocycles. The van der Waals surface area contributed by atoms with Gasteiger partial charge in [-0.2, -0.15) is 0 Å². The highest BCUT2D eigenvalue weighted by Gasteiger charge is 2.00. The molecule has 2 heteroatoms. The Morgan fingerprint density at radius 1 is 0.789 bits per heavy atom. The summed E-state index contributed by atoms with van der Waals surface area (Å²) in [5, 5.41) is 0. The summed E-state index contributed by atoms with van der Waals surface area (Å²) in [4.78, 5) is 0. The van der Waals surface area contributed by atoms with Crippen molar-refractivity contribution >= 4 is 0 Å². The molecule has 0 unspecified atom stereocenters. The predicted octanol–water partition coefficient (Wildman–Crippen LogP) is 1.68. The number of hydrogen-bond donors (Lipinski definition) is 0. The molecule has 0 atom stereocenters. The number of unbranched alkanes of at least 4 members (excludes halogenated alkanes) is 6. The largest absolute Gasteiger partial charge is 1.00 e. The fourth-order valence-corrected chi connectivity index (χ4v) is 2.34. The lowest BCUT2D eigenvalue weighted by atomic mass is 10.1. The van der Waals surface area contributed by atoms with Crippen LogP contribution in [0.15, 0.2) is 24.5 Å². The molecule has 1 aromatic rings. The smallest absolute Gasteiger partial charge is 0.169 e. The fourth-order valence-electron chi connectivity index (χ4n) is 2.34. The van der Waals surface area contributed by atoms with Crippen LogP contribution in [0.4, 0.5) is 0 Å². The van der Waals surface area contributed by atoms with E-state index in [-0.39, 0.29) is 4.70 Å². The van der Waals surface area contributed by atoms with Gasteiger partial charge in [0.05, 0.1) is 0 Å². The Hall–Kier alpha value is -0.920. The lowest BCUT2D eigenvalue weighted by Gasteiger charge is -2.00. The molecule has 0 fully saturated rings. The van der Waals surface area contributed by atoms with Crippen molar-refractivity contribution in [1.82, 2.24) is 0 Å². The molecule has 0 spiro atoms. The monoisotopic (exact) mass is 267 g/mol. The number of nitrogens with zero attached hydrogens (tertiary/aromatic N) is 1. The van der Waals surface area contributed by atoms with Gasteiger partial charge in [-0.1, -0.05) is 52.4 Å². The van der Waals surface area contributed by atoms with Gasteiger partial charge in [-0.3, -0.25) is 0 Å². The lowest BCUT2D eigenvalue weighted by molar-refractivity contribution is -0.697. The Morgan fingerprint density at radius 3 is 1.95 bits per heavy atom. The quantitative estimate of drug-likeness (QED) is 0.449. The molecule has 1 aromatic heterocycles. The number of pyridine rings is 1. The molecule has 0 aliphatic carbocycles. The first-order valence-corrected chi connectivity index (χ1v) is 7.84. The van der Waals surface area contributed by atoms with Crippen LogP contribution in [-0.4, -0.2) is 0 Å². The number of rotatable bonds is 10. The van der Waals surface area contributed by atoms with E-state index in [1.165, 1.54) is 69.9 Å². The van der Waals surface area contributed by atoms with Gasteiger partial charge < -0.3 is 4.70 Å². The summed E-state index contributed by atoms with van der Waals surface area (Å²) in [6.07, 6.45) is 16.6. The lowest BCUT2D eigenvalue weighted by Crippen LogP contribution is -3.00. The first-order chi connectivity index (χ1) is 8.86. The normalized spacial score (nSPS) is 10.2. The van der Waals surface area contributed by atoms with Crippen molar-refractivity contribution in [2.24, 2.45) is 0 Å². The van der Waals surface area contributed by atoms with Crippen molar-refractivity contribution in [3.8, 4) is 0 Å². The molecule has 1 rings (SSSR count). The first kappa shape index (κ1) is 18.1. The topological polar surface area (TPSA) is 3.88 Å². The summed E-state index contributed by atoms with van der Waals surface area (Å²) < 4.78 is 2.32. The van der Waals surface area contributed by atoms with Crippen LogP contribution >= 0.6 is 0 Å².